The van der Waals surface area contributed by atoms with Crippen molar-refractivity contribution in [2.45, 2.75) is 283 Å². The van der Waals surface area contributed by atoms with Gasteiger partial charge in [0, 0.05) is 73.7 Å². The molecule has 5 heterocycles. The molecule has 602 valence electrons. The Kier molecular flexibility index (Phi) is 37.1. The largest absolute Gasteiger partial charge is 0.515 e. The minimum absolute atomic E-state index is 0.118. The van der Waals surface area contributed by atoms with Gasteiger partial charge in [-0.15, -0.1) is 11.3 Å². The molecule has 2 aliphatic heterocycles. The molecule has 0 radical (unpaired) electrons. The molecule has 0 aromatic carbocycles. The van der Waals surface area contributed by atoms with E-state index in [0.717, 1.165) is 187 Å². The highest BCUT2D eigenvalue weighted by Gasteiger charge is 2.48. The molecule has 2 spiro atoms. The van der Waals surface area contributed by atoms with Crippen LogP contribution in [0.15, 0.2) is 48.3 Å². The summed E-state index contributed by atoms with van der Waals surface area (Å²) in [6, 6.07) is 8.48. The van der Waals surface area contributed by atoms with E-state index < -0.39 is 0 Å². The number of H-pyrrole nitrogens is 1. The number of aromatic amines is 1. The number of alkyl halides is 1. The number of Topliss-reactive ketones (excluding diaryl/α,β-unsaturated/α-hetero) is 3. The van der Waals surface area contributed by atoms with Crippen molar-refractivity contribution in [3.8, 4) is 12.1 Å². The lowest BCUT2D eigenvalue weighted by Crippen LogP contribution is -2.45. The number of hydrogen-bond acceptors (Lipinski definition) is 15. The third kappa shape index (κ3) is 26.4. The number of aromatic nitrogens is 2. The second-order valence-corrected chi connectivity index (χ2v) is 38.6. The fraction of sp³-hybridized carbons (Fsp3) is 0.736. The second-order valence-electron chi connectivity index (χ2n) is 36.1. The first-order valence-corrected chi connectivity index (χ1v) is 43.9. The lowest BCUT2D eigenvalue weighted by atomic mass is 9.72. The highest BCUT2D eigenvalue weighted by atomic mass is 79.9. The van der Waals surface area contributed by atoms with Crippen molar-refractivity contribution in [1.82, 2.24) is 9.97 Å². The molecule has 0 bridgehead atoms. The van der Waals surface area contributed by atoms with Crippen LogP contribution in [-0.2, 0) is 63.8 Å². The van der Waals surface area contributed by atoms with Crippen LogP contribution in [0, 0.1) is 146 Å². The quantitative estimate of drug-likeness (QED) is 0.0627. The van der Waals surface area contributed by atoms with E-state index in [0.29, 0.717) is 126 Å². The average molecular weight is 1590 g/mol. The van der Waals surface area contributed by atoms with Gasteiger partial charge in [0.15, 0.2) is 23.1 Å². The number of carbonyl (C=O) groups excluding carboxylic acids is 4. The number of hydrogen-bond donors (Lipinski definition) is 3. The van der Waals surface area contributed by atoms with Crippen LogP contribution in [0.5, 0.6) is 0 Å². The predicted octanol–water partition coefficient (Wildman–Crippen LogP) is 22.6. The molecule has 8 aliphatic carbocycles. The number of anilines is 1. The molecule has 3 aromatic rings. The summed E-state index contributed by atoms with van der Waals surface area (Å²) in [4.78, 5) is 53.9. The Morgan fingerprint density at radius 3 is 1.63 bits per heavy atom. The smallest absolute Gasteiger partial charge is 0.188 e. The first kappa shape index (κ1) is 92.2. The summed E-state index contributed by atoms with van der Waals surface area (Å²) in [5, 5.41) is 27.9. The van der Waals surface area contributed by atoms with Crippen LogP contribution in [-0.4, -0.2) is 81.0 Å². The van der Waals surface area contributed by atoms with E-state index in [1.807, 2.05) is 6.07 Å². The van der Waals surface area contributed by atoms with Crippen molar-refractivity contribution in [3.05, 3.63) is 85.9 Å². The fourth-order valence-electron chi connectivity index (χ4n) is 18.1. The Balaban J connectivity index is 0.000000195. The van der Waals surface area contributed by atoms with E-state index in [4.69, 9.17) is 57.5 Å². The van der Waals surface area contributed by atoms with Gasteiger partial charge in [0.05, 0.1) is 48.8 Å². The van der Waals surface area contributed by atoms with Crippen LogP contribution in [0.2, 0.25) is 0 Å². The number of nitrogens with one attached hydrogen (secondary N) is 1. The molecule has 12 unspecified atom stereocenters. The maximum absolute atomic E-state index is 11.4. The Hall–Kier alpha value is -4.72. The Labute approximate surface area is 669 Å². The molecule has 4 N–H and O–H groups in total. The normalized spacial score (nSPS) is 28.1. The lowest BCUT2D eigenvalue weighted by Gasteiger charge is -2.40. The minimum atomic E-state index is -0.342. The van der Waals surface area contributed by atoms with Crippen LogP contribution >= 0.6 is 39.5 Å². The molecule has 108 heavy (non-hydrogen) atoms. The van der Waals surface area contributed by atoms with Crippen molar-refractivity contribution in [2.75, 3.05) is 32.2 Å². The molecule has 12 atom stereocenters. The van der Waals surface area contributed by atoms with E-state index in [1.165, 1.54) is 53.1 Å². The van der Waals surface area contributed by atoms with E-state index in [1.54, 1.807) is 6.08 Å². The van der Waals surface area contributed by atoms with Crippen LogP contribution in [0.3, 0.4) is 0 Å². The van der Waals surface area contributed by atoms with Gasteiger partial charge < -0.3 is 34.8 Å². The van der Waals surface area contributed by atoms with E-state index in [2.05, 4.69) is 196 Å². The topological polar surface area (TPSA) is 228 Å². The van der Waals surface area contributed by atoms with E-state index >= 15 is 0 Å². The zero-order valence-electron chi connectivity index (χ0n) is 70.0. The van der Waals surface area contributed by atoms with E-state index in [-0.39, 0.29) is 23.1 Å². The number of ether oxygens (including phenoxy) is 4. The highest BCUT2D eigenvalue weighted by molar-refractivity contribution is 9.09. The summed E-state index contributed by atoms with van der Waals surface area (Å²) in [6.07, 6.45) is 28.9. The van der Waals surface area contributed by atoms with Crippen LogP contribution in [0.25, 0.3) is 10.2 Å². The summed E-state index contributed by atoms with van der Waals surface area (Å²) < 4.78 is 23.3. The summed E-state index contributed by atoms with van der Waals surface area (Å²) in [6.45, 7) is 48.0. The predicted molar refractivity (Wildman–Crippen MR) is 448 cm³/mol. The van der Waals surface area contributed by atoms with Gasteiger partial charge in [-0.1, -0.05) is 179 Å². The number of fused-ring (bicyclic) bond motifs is 3. The van der Waals surface area contributed by atoms with Crippen LogP contribution < -0.4 is 5.73 Å². The summed E-state index contributed by atoms with van der Waals surface area (Å²) >= 11 is 10.3. The number of nitriles is 2. The number of rotatable bonds is 8. The number of nitrogens with zero attached hydrogens (tertiary/aromatic N) is 3. The molecule has 6 fully saturated rings. The summed E-state index contributed by atoms with van der Waals surface area (Å²) in [7, 11) is 0. The number of aliphatic hydroxyl groups is 1. The zero-order valence-corrected chi connectivity index (χ0v) is 73.2. The number of ketones is 4. The molecule has 4 saturated carbocycles. The number of pyridine rings is 2. The van der Waals surface area contributed by atoms with Gasteiger partial charge in [0.2, 0.25) is 0 Å². The summed E-state index contributed by atoms with van der Waals surface area (Å²) in [5.74, 6) is 14.5. The Morgan fingerprint density at radius 2 is 1.13 bits per heavy atom. The van der Waals surface area contributed by atoms with Gasteiger partial charge >= 0.3 is 0 Å². The van der Waals surface area contributed by atoms with Crippen molar-refractivity contribution in [1.29, 1.82) is 10.5 Å². The zero-order chi connectivity index (χ0) is 80.1. The molecule has 17 heteroatoms. The molecule has 13 rings (SSSR count). The first-order valence-electron chi connectivity index (χ1n) is 41.7. The molecule has 2 saturated heterocycles. The number of allylic oxidation sites excluding steroid dienone is 4. The summed E-state index contributed by atoms with van der Waals surface area (Å²) in [5.41, 5.74) is 12.9. The van der Waals surface area contributed by atoms with Crippen molar-refractivity contribution < 1.29 is 43.2 Å². The molecule has 14 nitrogen and oxygen atoms in total. The first-order chi connectivity index (χ1) is 51.0. The molecule has 0 amide bonds. The van der Waals surface area contributed by atoms with Gasteiger partial charge in [-0.2, -0.15) is 10.5 Å². The van der Waals surface area contributed by atoms with Crippen molar-refractivity contribution >= 4 is 78.5 Å². The SMILES string of the molecule is CC(C)C1C/C(=C\O)C(=O)CC1C.CC(C)C1C=CC(=O)CC1.CC(C)C1C=CC2(CC1)OCCO2.CC(C)C1CCC(=O)CC1.CC(C)C1CCC(=O)CC1C.CC(C)C1CCC2(OCCO2)C(Br)C1.CC(C)C1Cc2cc(C#N)c(=S)[nH]c2CC1C.CC(C)C1Cc2cc3c(N)c(C#N)sc3nc2CC1C. The maximum Gasteiger partial charge on any atom is 0.188 e. The Bertz CT molecular complexity index is 3620. The highest BCUT2D eigenvalue weighted by Crippen LogP contribution is 2.46. The molecule has 10 aliphatic rings. The van der Waals surface area contributed by atoms with Crippen molar-refractivity contribution in [3.63, 3.8) is 0 Å². The molecular weight excluding hydrogens is 1450 g/mol. The van der Waals surface area contributed by atoms with Crippen LogP contribution in [0.4, 0.5) is 5.69 Å². The number of nitrogen functional groups attached to an aromatic ring is 1. The van der Waals surface area contributed by atoms with Gasteiger partial charge in [-0.05, 0) is 231 Å². The third-order valence-corrected chi connectivity index (χ3v) is 28.1. The third-order valence-electron chi connectivity index (χ3n) is 25.7. The van der Waals surface area contributed by atoms with Gasteiger partial charge in [-0.25, -0.2) is 4.98 Å². The van der Waals surface area contributed by atoms with Gasteiger partial charge in [0.25, 0.3) is 0 Å². The lowest BCUT2D eigenvalue weighted by molar-refractivity contribution is -0.177. The number of halogens is 1. The number of thiophene rings is 1. The van der Waals surface area contributed by atoms with Crippen molar-refractivity contribution in [2.24, 2.45) is 118 Å². The molecule has 3 aromatic heterocycles. The maximum atomic E-state index is 11.4. The monoisotopic (exact) mass is 1590 g/mol. The van der Waals surface area contributed by atoms with Gasteiger partial charge in [0.1, 0.15) is 38.1 Å². The molecular formula is C91H140BrN5O9S2. The Morgan fingerprint density at radius 1 is 0.593 bits per heavy atom. The average Bonchev–Trinajstić information content (AvgIpc) is 1.56. The fourth-order valence-corrected chi connectivity index (χ4v) is 20.2. The van der Waals surface area contributed by atoms with E-state index in [9.17, 15) is 19.2 Å². The number of nitrogens with two attached hydrogens (primary N) is 1. The number of carbonyl (C=O) groups is 4. The standard InChI is InChI=1S/C16H19N3S.C14H18N2S.C11H19BrO2.2C11H18O2.C10H18O.C9H16O.C9H14O/c1-8(2)11-5-10-6-12-15(18)14(7-17)20-16(12)19-13(10)4-9(11)3;1-8(2)12-6-10-5-11(7-15)14(17)16-13(10)4-9(12)3;1-8(2)9-3-4-11(10(12)7-9)13-5-6-14-11;1-9(2)10-3-5-11(6-4-10)12-7-8-13-11;1-7(2)10-5-9(6-12)11(13)4-8(10)3;1-7(2)10-5-4-9(11)6-8(10)3;2*1-7(2)8-3-5-9(10)6-4-8/h6,8-9,11H,4-5,18H2,1-3H3;5,8-9,12H,4,6H2,1-3H3,(H,16,17);8-10H,3-7H2,1-2H3;3,5,9-10H,4,6-8H2,1-2H3;6-8,10,12H,4-5H2,1-3H3;7-8,10H,4-6H2,1-3H3;7-8H,3-6H2,1-2H3;3,5,7-8H,4,6H2,1-2H3/b;;;;9-6+;;;. The van der Waals surface area contributed by atoms with Gasteiger partial charge in [-0.3, -0.25) is 19.2 Å². The minimum Gasteiger partial charge on any atom is -0.515 e. The van der Waals surface area contributed by atoms with Crippen LogP contribution in [0.1, 0.15) is 274 Å². The number of aliphatic hydroxyl groups excluding tert-OH is 1. The second kappa shape index (κ2) is 43.5.